The summed E-state index contributed by atoms with van der Waals surface area (Å²) < 4.78 is 4.84. The number of pyridine rings is 2. The smallest absolute Gasteiger partial charge is 0.0902 e. The monoisotopic (exact) mass is 1170 g/mol. The first-order valence-electron chi connectivity index (χ1n) is 30.8. The second-order valence-electron chi connectivity index (χ2n) is 23.7. The van der Waals surface area contributed by atoms with E-state index in [1.54, 1.807) is 0 Å². The highest BCUT2D eigenvalue weighted by atomic mass is 32.1. The molecule has 90 heavy (non-hydrogen) atoms. The van der Waals surface area contributed by atoms with Crippen LogP contribution in [-0.4, -0.2) is 9.97 Å². The van der Waals surface area contributed by atoms with Crippen LogP contribution >= 0.6 is 22.7 Å². The Hall–Kier alpha value is -11.1. The molecule has 0 aliphatic carbocycles. The van der Waals surface area contributed by atoms with Gasteiger partial charge in [0.2, 0.25) is 0 Å². The Balaban J connectivity index is 0.724. The van der Waals surface area contributed by atoms with Crippen molar-refractivity contribution in [3.05, 3.63) is 303 Å². The molecule has 2 nitrogen and oxygen atoms in total. The van der Waals surface area contributed by atoms with Gasteiger partial charge in [-0.3, -0.25) is 0 Å². The van der Waals surface area contributed by atoms with E-state index in [2.05, 4.69) is 303 Å². The molecular formula is C86H50N2S2. The molecule has 0 spiro atoms. The molecule has 0 N–H and O–H groups in total. The summed E-state index contributed by atoms with van der Waals surface area (Å²) in [5.74, 6) is 0. The van der Waals surface area contributed by atoms with Gasteiger partial charge in [-0.15, -0.1) is 22.7 Å². The fourth-order valence-electron chi connectivity index (χ4n) is 14.8. The van der Waals surface area contributed by atoms with E-state index in [0.717, 1.165) is 49.4 Å². The molecule has 4 aromatic heterocycles. The van der Waals surface area contributed by atoms with Gasteiger partial charge in [0.15, 0.2) is 0 Å². The Kier molecular flexibility index (Phi) is 11.4. The van der Waals surface area contributed by atoms with E-state index in [4.69, 9.17) is 9.97 Å². The van der Waals surface area contributed by atoms with Crippen molar-refractivity contribution in [1.29, 1.82) is 0 Å². The first-order chi connectivity index (χ1) is 44.6. The normalized spacial score (nSPS) is 12.0. The lowest BCUT2D eigenvalue weighted by atomic mass is 9.84. The Bertz CT molecular complexity index is 6080. The summed E-state index contributed by atoms with van der Waals surface area (Å²) in [6.45, 7) is 0. The summed E-state index contributed by atoms with van der Waals surface area (Å²) in [6.07, 6.45) is 0. The highest BCUT2D eigenvalue weighted by Gasteiger charge is 2.23. The molecule has 0 unspecified atom stereocenters. The number of para-hydroxylation sites is 1. The van der Waals surface area contributed by atoms with E-state index in [-0.39, 0.29) is 0 Å². The van der Waals surface area contributed by atoms with E-state index >= 15 is 0 Å². The van der Waals surface area contributed by atoms with Crippen LogP contribution in [0, 0.1) is 0 Å². The molecule has 416 valence electrons. The Labute approximate surface area is 526 Å². The van der Waals surface area contributed by atoms with Gasteiger partial charge in [0.05, 0.1) is 31.5 Å². The first kappa shape index (κ1) is 51.0. The maximum absolute atomic E-state index is 5.56. The highest BCUT2D eigenvalue weighted by molar-refractivity contribution is 7.26. The fraction of sp³-hybridized carbons (Fsp3) is 0. The van der Waals surface area contributed by atoms with Crippen molar-refractivity contribution in [3.8, 4) is 77.9 Å². The summed E-state index contributed by atoms with van der Waals surface area (Å²) >= 11 is 3.68. The summed E-state index contributed by atoms with van der Waals surface area (Å²) in [4.78, 5) is 11.0. The van der Waals surface area contributed by atoms with Crippen molar-refractivity contribution in [2.75, 3.05) is 0 Å². The molecule has 19 rings (SSSR count). The number of nitrogens with zero attached hydrogens (tertiary/aromatic N) is 2. The van der Waals surface area contributed by atoms with Crippen molar-refractivity contribution < 1.29 is 0 Å². The fourth-order valence-corrected chi connectivity index (χ4v) is 17.3. The minimum Gasteiger partial charge on any atom is -0.246 e. The van der Waals surface area contributed by atoms with Gasteiger partial charge in [0, 0.05) is 42.1 Å². The maximum Gasteiger partial charge on any atom is 0.0902 e. The highest BCUT2D eigenvalue weighted by Crippen LogP contribution is 2.50. The molecule has 0 fully saturated rings. The zero-order valence-corrected chi connectivity index (χ0v) is 50.2. The molecule has 0 amide bonds. The van der Waals surface area contributed by atoms with E-state index in [0.29, 0.717) is 0 Å². The van der Waals surface area contributed by atoms with Crippen molar-refractivity contribution >= 4 is 139 Å². The molecule has 0 bridgehead atoms. The summed E-state index contributed by atoms with van der Waals surface area (Å²) in [5, 5.41) is 17.2. The number of hydrogen-bond donors (Lipinski definition) is 0. The van der Waals surface area contributed by atoms with Crippen LogP contribution in [0.1, 0.15) is 0 Å². The van der Waals surface area contributed by atoms with E-state index in [1.807, 2.05) is 22.7 Å². The second-order valence-corrected chi connectivity index (χ2v) is 25.8. The van der Waals surface area contributed by atoms with Gasteiger partial charge in [0.25, 0.3) is 0 Å². The Morgan fingerprint density at radius 1 is 0.200 bits per heavy atom. The standard InChI is InChI=1S/C86H50N2S2/c1-2-20-52(21-3-1)77-61-24-6-8-26-63(61)78(64-27-9-7-25-62(64)77)53-39-43-56(44-40-53)81-70-47-45-57(49-74(70)88-83-71-33-15-17-36-75(71)89-85(81)83)58-46-48-72-76(50-58)90-86-80(69-32-14-16-35-73(69)87-84(72)86)55-41-37-54(38-42-55)79-65-28-10-12-30-67(65)82(68-31-13-11-29-66(68)79)60-34-18-22-51-19-4-5-23-59(51)60/h1-50H. The third-order valence-electron chi connectivity index (χ3n) is 18.8. The summed E-state index contributed by atoms with van der Waals surface area (Å²) in [5.41, 5.74) is 21.1. The number of fused-ring (bicyclic) bond motifs is 13. The zero-order valence-electron chi connectivity index (χ0n) is 48.6. The van der Waals surface area contributed by atoms with Crippen LogP contribution in [-0.2, 0) is 0 Å². The first-order valence-corrected chi connectivity index (χ1v) is 32.4. The second kappa shape index (κ2) is 20.2. The average molecular weight is 1180 g/mol. The van der Waals surface area contributed by atoms with Crippen LogP contribution < -0.4 is 0 Å². The SMILES string of the molecule is c1ccc(-c2c3ccccc3c(-c3ccc(-c4c5ccc(-c6ccc7c(c6)sc6c(-c8ccc(-c9c%10ccccc%10c(-c%10cccc%11ccccc%10%11)c%10ccccc9%10)cc8)c8ccccc8nc67)cc5nc5c4sc4ccccc45)cc3)c3ccccc23)cc1. The molecule has 0 saturated heterocycles. The molecule has 4 heteroatoms. The quantitative estimate of drug-likeness (QED) is 0.149. The lowest BCUT2D eigenvalue weighted by Gasteiger charge is -2.19. The van der Waals surface area contributed by atoms with Crippen molar-refractivity contribution in [2.24, 2.45) is 0 Å². The third kappa shape index (κ3) is 7.82. The van der Waals surface area contributed by atoms with Crippen molar-refractivity contribution in [2.45, 2.75) is 0 Å². The summed E-state index contributed by atoms with van der Waals surface area (Å²) in [6, 6.07) is 112. The number of benzene rings is 15. The minimum absolute atomic E-state index is 0.980. The van der Waals surface area contributed by atoms with Crippen LogP contribution in [0.2, 0.25) is 0 Å². The third-order valence-corrected chi connectivity index (χ3v) is 21.2. The molecule has 4 heterocycles. The molecule has 15 aromatic carbocycles. The van der Waals surface area contributed by atoms with Crippen molar-refractivity contribution in [3.63, 3.8) is 0 Å². The van der Waals surface area contributed by atoms with Gasteiger partial charge in [-0.2, -0.15) is 0 Å². The van der Waals surface area contributed by atoms with Crippen LogP contribution in [0.5, 0.6) is 0 Å². The Morgan fingerprint density at radius 3 is 1.11 bits per heavy atom. The molecule has 19 aromatic rings. The molecule has 0 radical (unpaired) electrons. The van der Waals surface area contributed by atoms with Crippen molar-refractivity contribution in [1.82, 2.24) is 9.97 Å². The number of aromatic nitrogens is 2. The van der Waals surface area contributed by atoms with Gasteiger partial charge >= 0.3 is 0 Å². The lowest BCUT2D eigenvalue weighted by molar-refractivity contribution is 1.52. The van der Waals surface area contributed by atoms with E-state index in [9.17, 15) is 0 Å². The molecule has 0 atom stereocenters. The lowest BCUT2D eigenvalue weighted by Crippen LogP contribution is -1.92. The van der Waals surface area contributed by atoms with Crippen LogP contribution in [0.15, 0.2) is 303 Å². The van der Waals surface area contributed by atoms with Gasteiger partial charge in [-0.05, 0) is 145 Å². The van der Waals surface area contributed by atoms with Crippen LogP contribution in [0.4, 0.5) is 0 Å². The summed E-state index contributed by atoms with van der Waals surface area (Å²) in [7, 11) is 0. The minimum atomic E-state index is 0.980. The predicted octanol–water partition coefficient (Wildman–Crippen LogP) is 25.0. The average Bonchev–Trinajstić information content (AvgIpc) is 1.10. The number of rotatable bonds is 7. The van der Waals surface area contributed by atoms with Crippen LogP contribution in [0.25, 0.3) is 194 Å². The molecular weight excluding hydrogens is 1130 g/mol. The van der Waals surface area contributed by atoms with Gasteiger partial charge in [-0.25, -0.2) is 9.97 Å². The Morgan fingerprint density at radius 2 is 0.556 bits per heavy atom. The van der Waals surface area contributed by atoms with Gasteiger partial charge < -0.3 is 0 Å². The molecule has 0 aliphatic heterocycles. The maximum atomic E-state index is 5.56. The molecule has 0 aliphatic rings. The predicted molar refractivity (Wildman–Crippen MR) is 388 cm³/mol. The van der Waals surface area contributed by atoms with Gasteiger partial charge in [0.1, 0.15) is 0 Å². The van der Waals surface area contributed by atoms with E-state index in [1.165, 1.54) is 145 Å². The number of thiophene rings is 2. The van der Waals surface area contributed by atoms with Crippen LogP contribution in [0.3, 0.4) is 0 Å². The zero-order chi connectivity index (χ0) is 59.0. The molecule has 0 saturated carbocycles. The van der Waals surface area contributed by atoms with E-state index < -0.39 is 0 Å². The largest absolute Gasteiger partial charge is 0.246 e. The van der Waals surface area contributed by atoms with Gasteiger partial charge in [-0.1, -0.05) is 279 Å². The number of hydrogen-bond acceptors (Lipinski definition) is 4. The topological polar surface area (TPSA) is 25.8 Å².